The molecule has 24 heavy (non-hydrogen) atoms. The first kappa shape index (κ1) is 15.6. The van der Waals surface area contributed by atoms with Crippen molar-refractivity contribution < 1.29 is 9.53 Å². The van der Waals surface area contributed by atoms with Gasteiger partial charge in [-0.3, -0.25) is 4.79 Å². The Labute approximate surface area is 143 Å². The first-order valence-corrected chi connectivity index (χ1v) is 9.06. The predicted octanol–water partition coefficient (Wildman–Crippen LogP) is 4.21. The van der Waals surface area contributed by atoms with Crippen molar-refractivity contribution in [2.75, 3.05) is 13.2 Å². The molecule has 1 spiro atoms. The maximum atomic E-state index is 12.7. The van der Waals surface area contributed by atoms with Crippen LogP contribution in [0.25, 0.3) is 10.8 Å². The summed E-state index contributed by atoms with van der Waals surface area (Å²) in [4.78, 5) is 14.7. The minimum Gasteiger partial charge on any atom is -0.375 e. The van der Waals surface area contributed by atoms with E-state index in [2.05, 4.69) is 43.3 Å². The number of fused-ring (bicyclic) bond motifs is 1. The molecule has 2 aromatic carbocycles. The highest BCUT2D eigenvalue weighted by Crippen LogP contribution is 2.36. The van der Waals surface area contributed by atoms with Gasteiger partial charge < -0.3 is 9.64 Å². The molecule has 2 aliphatic rings. The number of carbonyl (C=O) groups is 1. The molecule has 2 aromatic rings. The molecule has 1 atom stereocenters. The Hall–Kier alpha value is -1.87. The summed E-state index contributed by atoms with van der Waals surface area (Å²) < 4.78 is 6.02. The van der Waals surface area contributed by atoms with Gasteiger partial charge in [0.1, 0.15) is 0 Å². The van der Waals surface area contributed by atoms with Crippen LogP contribution < -0.4 is 0 Å². The predicted molar refractivity (Wildman–Crippen MR) is 95.9 cm³/mol. The smallest absolute Gasteiger partial charge is 0.222 e. The minimum atomic E-state index is -0.0296. The van der Waals surface area contributed by atoms with Gasteiger partial charge in [0.2, 0.25) is 5.91 Å². The molecule has 2 heterocycles. The van der Waals surface area contributed by atoms with Crippen molar-refractivity contribution in [3.8, 4) is 0 Å². The van der Waals surface area contributed by atoms with Crippen molar-refractivity contribution in [1.29, 1.82) is 0 Å². The van der Waals surface area contributed by atoms with Crippen LogP contribution in [-0.2, 0) is 16.1 Å². The largest absolute Gasteiger partial charge is 0.375 e. The highest BCUT2D eigenvalue weighted by atomic mass is 16.5. The van der Waals surface area contributed by atoms with Crippen LogP contribution in [-0.4, -0.2) is 29.6 Å². The van der Waals surface area contributed by atoms with Crippen LogP contribution >= 0.6 is 0 Å². The number of benzene rings is 2. The van der Waals surface area contributed by atoms with Crippen molar-refractivity contribution in [2.24, 2.45) is 0 Å². The molecule has 0 radical (unpaired) electrons. The number of hydrogen-bond acceptors (Lipinski definition) is 2. The van der Waals surface area contributed by atoms with Gasteiger partial charge in [0.15, 0.2) is 0 Å². The Morgan fingerprint density at radius 2 is 2.00 bits per heavy atom. The van der Waals surface area contributed by atoms with Gasteiger partial charge >= 0.3 is 0 Å². The fraction of sp³-hybridized carbons (Fsp3) is 0.476. The number of rotatable bonds is 2. The topological polar surface area (TPSA) is 29.5 Å². The Morgan fingerprint density at radius 3 is 2.83 bits per heavy atom. The van der Waals surface area contributed by atoms with E-state index < -0.39 is 0 Å². The summed E-state index contributed by atoms with van der Waals surface area (Å²) in [7, 11) is 0. The van der Waals surface area contributed by atoms with Crippen molar-refractivity contribution in [3.63, 3.8) is 0 Å². The normalized spacial score (nSPS) is 24.7. The van der Waals surface area contributed by atoms with E-state index in [0.29, 0.717) is 13.0 Å². The first-order valence-electron chi connectivity index (χ1n) is 9.06. The molecule has 0 N–H and O–H groups in total. The lowest BCUT2D eigenvalue weighted by atomic mass is 9.92. The Kier molecular flexibility index (Phi) is 4.05. The van der Waals surface area contributed by atoms with Crippen LogP contribution in [0.15, 0.2) is 36.4 Å². The van der Waals surface area contributed by atoms with E-state index in [-0.39, 0.29) is 11.5 Å². The zero-order chi connectivity index (χ0) is 16.6. The van der Waals surface area contributed by atoms with Crippen molar-refractivity contribution in [1.82, 2.24) is 4.90 Å². The fourth-order valence-electron chi connectivity index (χ4n) is 4.24. The average molecular weight is 323 g/mol. The molecule has 0 bridgehead atoms. The third kappa shape index (κ3) is 2.82. The summed E-state index contributed by atoms with van der Waals surface area (Å²) in [6.45, 7) is 4.52. The molecule has 0 aromatic heterocycles. The maximum absolute atomic E-state index is 12.7. The van der Waals surface area contributed by atoms with E-state index in [1.807, 2.05) is 4.90 Å². The molecular formula is C21H25NO2. The molecule has 126 valence electrons. The average Bonchev–Trinajstić information content (AvgIpc) is 3.01. The van der Waals surface area contributed by atoms with Crippen LogP contribution in [0, 0.1) is 6.92 Å². The third-order valence-electron chi connectivity index (χ3n) is 5.79. The van der Waals surface area contributed by atoms with Gasteiger partial charge in [-0.1, -0.05) is 36.4 Å². The van der Waals surface area contributed by atoms with Gasteiger partial charge in [-0.15, -0.1) is 0 Å². The van der Waals surface area contributed by atoms with Crippen molar-refractivity contribution >= 4 is 16.7 Å². The second-order valence-corrected chi connectivity index (χ2v) is 7.28. The highest BCUT2D eigenvalue weighted by molar-refractivity contribution is 5.87. The van der Waals surface area contributed by atoms with Gasteiger partial charge in [0.05, 0.1) is 5.60 Å². The lowest BCUT2D eigenvalue weighted by molar-refractivity contribution is -0.131. The van der Waals surface area contributed by atoms with E-state index in [1.54, 1.807) is 0 Å². The lowest BCUT2D eigenvalue weighted by Gasteiger charge is -2.27. The molecule has 0 saturated carbocycles. The molecule has 4 rings (SSSR count). The Morgan fingerprint density at radius 1 is 1.12 bits per heavy atom. The molecule has 2 fully saturated rings. The first-order chi connectivity index (χ1) is 11.7. The maximum Gasteiger partial charge on any atom is 0.222 e. The van der Waals surface area contributed by atoms with E-state index in [4.69, 9.17) is 4.74 Å². The van der Waals surface area contributed by atoms with Crippen molar-refractivity contribution in [3.05, 3.63) is 47.5 Å². The standard InChI is InChI=1S/C21H25NO2/c1-16-7-8-17-5-2-3-6-18(17)19(16)15-22-13-12-21(10-4-14-24-21)11-9-20(22)23/h2-3,5-8H,4,9-15H2,1H3. The molecule has 2 aliphatic heterocycles. The van der Waals surface area contributed by atoms with Crippen LogP contribution in [0.5, 0.6) is 0 Å². The van der Waals surface area contributed by atoms with E-state index in [9.17, 15) is 4.79 Å². The van der Waals surface area contributed by atoms with Gasteiger partial charge in [0, 0.05) is 26.1 Å². The van der Waals surface area contributed by atoms with Gasteiger partial charge in [-0.25, -0.2) is 0 Å². The molecule has 0 aliphatic carbocycles. The monoisotopic (exact) mass is 323 g/mol. The number of nitrogens with zero attached hydrogens (tertiary/aromatic N) is 1. The summed E-state index contributed by atoms with van der Waals surface area (Å²) in [6, 6.07) is 12.8. The van der Waals surface area contributed by atoms with Gasteiger partial charge in [0.25, 0.3) is 0 Å². The summed E-state index contributed by atoms with van der Waals surface area (Å²) in [6.07, 6.45) is 4.72. The number of hydrogen-bond donors (Lipinski definition) is 0. The minimum absolute atomic E-state index is 0.0296. The Bertz CT molecular complexity index is 762. The molecule has 1 amide bonds. The molecule has 3 nitrogen and oxygen atoms in total. The summed E-state index contributed by atoms with van der Waals surface area (Å²) >= 11 is 0. The van der Waals surface area contributed by atoms with Crippen molar-refractivity contribution in [2.45, 2.75) is 51.2 Å². The fourth-order valence-corrected chi connectivity index (χ4v) is 4.24. The van der Waals surface area contributed by atoms with Crippen LogP contribution in [0.4, 0.5) is 0 Å². The Balaban J connectivity index is 1.61. The number of amides is 1. The summed E-state index contributed by atoms with van der Waals surface area (Å²) in [5.74, 6) is 0.273. The number of likely N-dealkylation sites (tertiary alicyclic amines) is 1. The molecule has 1 unspecified atom stereocenters. The molecular weight excluding hydrogens is 298 g/mol. The van der Waals surface area contributed by atoms with Gasteiger partial charge in [-0.05, 0) is 54.5 Å². The molecule has 2 saturated heterocycles. The van der Waals surface area contributed by atoms with E-state index in [0.717, 1.165) is 38.8 Å². The lowest BCUT2D eigenvalue weighted by Crippen LogP contribution is -2.32. The quantitative estimate of drug-likeness (QED) is 0.828. The summed E-state index contributed by atoms with van der Waals surface area (Å²) in [5, 5.41) is 2.51. The van der Waals surface area contributed by atoms with Crippen LogP contribution in [0.1, 0.15) is 43.2 Å². The number of aryl methyl sites for hydroxylation is 1. The second kappa shape index (κ2) is 6.21. The summed E-state index contributed by atoms with van der Waals surface area (Å²) in [5.41, 5.74) is 2.51. The number of carbonyl (C=O) groups excluding carboxylic acids is 1. The van der Waals surface area contributed by atoms with E-state index >= 15 is 0 Å². The van der Waals surface area contributed by atoms with E-state index in [1.165, 1.54) is 21.9 Å². The SMILES string of the molecule is Cc1ccc2ccccc2c1CN1CCC2(CCCO2)CCC1=O. The van der Waals surface area contributed by atoms with Gasteiger partial charge in [-0.2, -0.15) is 0 Å². The zero-order valence-corrected chi connectivity index (χ0v) is 14.4. The number of ether oxygens (including phenoxy) is 1. The molecule has 3 heteroatoms. The zero-order valence-electron chi connectivity index (χ0n) is 14.4. The van der Waals surface area contributed by atoms with Crippen LogP contribution in [0.3, 0.4) is 0 Å². The highest BCUT2D eigenvalue weighted by Gasteiger charge is 2.38. The third-order valence-corrected chi connectivity index (χ3v) is 5.79. The second-order valence-electron chi connectivity index (χ2n) is 7.28. The van der Waals surface area contributed by atoms with Crippen LogP contribution in [0.2, 0.25) is 0 Å².